The molecule has 0 aliphatic heterocycles. The zero-order valence-electron chi connectivity index (χ0n) is 11.9. The lowest BCUT2D eigenvalue weighted by Gasteiger charge is -2.12. The molecule has 0 atom stereocenters. The molecule has 0 amide bonds. The Bertz CT molecular complexity index is 626. The molecule has 1 aliphatic rings. The van der Waals surface area contributed by atoms with Crippen molar-refractivity contribution in [2.45, 2.75) is 25.4 Å². The molecule has 1 fully saturated rings. The van der Waals surface area contributed by atoms with Crippen molar-refractivity contribution < 1.29 is 9.47 Å². The van der Waals surface area contributed by atoms with Crippen LogP contribution in [0, 0.1) is 0 Å². The highest BCUT2D eigenvalue weighted by Crippen LogP contribution is 2.35. The number of nitrogens with one attached hydrogen (secondary N) is 1. The molecular formula is C17H18ClNO2. The molecule has 2 aromatic rings. The smallest absolute Gasteiger partial charge is 0.169 e. The van der Waals surface area contributed by atoms with Gasteiger partial charge >= 0.3 is 0 Å². The second kappa shape index (κ2) is 6.37. The summed E-state index contributed by atoms with van der Waals surface area (Å²) in [7, 11) is 1.62. The monoisotopic (exact) mass is 303 g/mol. The van der Waals surface area contributed by atoms with E-state index in [1.54, 1.807) is 7.11 Å². The van der Waals surface area contributed by atoms with Crippen LogP contribution in [0.1, 0.15) is 18.4 Å². The normalized spacial score (nSPS) is 14.0. The van der Waals surface area contributed by atoms with Gasteiger partial charge in [0, 0.05) is 12.6 Å². The summed E-state index contributed by atoms with van der Waals surface area (Å²) in [6.07, 6.45) is 2.56. The quantitative estimate of drug-likeness (QED) is 0.858. The average Bonchev–Trinajstić information content (AvgIpc) is 3.32. The standard InChI is InChI=1S/C17H18ClNO2/c1-20-16-4-2-3-5-17(16)21-15-9-6-12(10-14(15)18)11-19-13-7-8-13/h2-6,9-10,13,19H,7-8,11H2,1H3. The van der Waals surface area contributed by atoms with E-state index in [2.05, 4.69) is 5.32 Å². The van der Waals surface area contributed by atoms with Crippen molar-refractivity contribution in [1.29, 1.82) is 0 Å². The first-order chi connectivity index (χ1) is 10.3. The Kier molecular flexibility index (Phi) is 4.32. The third-order valence-corrected chi connectivity index (χ3v) is 3.75. The number of rotatable bonds is 6. The molecule has 0 aromatic heterocycles. The van der Waals surface area contributed by atoms with Crippen LogP contribution in [0.4, 0.5) is 0 Å². The minimum Gasteiger partial charge on any atom is -0.493 e. The van der Waals surface area contributed by atoms with E-state index in [0.717, 1.165) is 6.54 Å². The van der Waals surface area contributed by atoms with Gasteiger partial charge in [0.25, 0.3) is 0 Å². The fourth-order valence-electron chi connectivity index (χ4n) is 2.11. The molecule has 0 bridgehead atoms. The number of methoxy groups -OCH3 is 1. The summed E-state index contributed by atoms with van der Waals surface area (Å²) in [5.41, 5.74) is 1.17. The Morgan fingerprint density at radius 2 is 1.86 bits per heavy atom. The van der Waals surface area contributed by atoms with Gasteiger partial charge in [0.05, 0.1) is 12.1 Å². The fourth-order valence-corrected chi connectivity index (χ4v) is 2.35. The third kappa shape index (κ3) is 3.69. The van der Waals surface area contributed by atoms with Gasteiger partial charge in [-0.05, 0) is 42.7 Å². The first kappa shape index (κ1) is 14.2. The van der Waals surface area contributed by atoms with Crippen molar-refractivity contribution in [2.75, 3.05) is 7.11 Å². The number of halogens is 1. The van der Waals surface area contributed by atoms with E-state index in [0.29, 0.717) is 28.3 Å². The molecule has 0 spiro atoms. The topological polar surface area (TPSA) is 30.5 Å². The minimum absolute atomic E-state index is 0.607. The van der Waals surface area contributed by atoms with Crippen LogP contribution in [-0.4, -0.2) is 13.2 Å². The minimum atomic E-state index is 0.607. The van der Waals surface area contributed by atoms with Crippen LogP contribution in [0.5, 0.6) is 17.2 Å². The molecule has 21 heavy (non-hydrogen) atoms. The van der Waals surface area contributed by atoms with Crippen molar-refractivity contribution in [3.8, 4) is 17.2 Å². The second-order valence-electron chi connectivity index (χ2n) is 5.17. The summed E-state index contributed by atoms with van der Waals surface area (Å²) >= 11 is 6.31. The maximum absolute atomic E-state index is 6.31. The van der Waals surface area contributed by atoms with Crippen LogP contribution < -0.4 is 14.8 Å². The van der Waals surface area contributed by atoms with Gasteiger partial charge in [0.1, 0.15) is 5.75 Å². The Labute approximate surface area is 129 Å². The van der Waals surface area contributed by atoms with Gasteiger partial charge in [-0.1, -0.05) is 29.8 Å². The fraction of sp³-hybridized carbons (Fsp3) is 0.294. The lowest BCUT2D eigenvalue weighted by molar-refractivity contribution is 0.379. The average molecular weight is 304 g/mol. The van der Waals surface area contributed by atoms with Crippen molar-refractivity contribution in [3.63, 3.8) is 0 Å². The lowest BCUT2D eigenvalue weighted by atomic mass is 10.2. The molecule has 0 radical (unpaired) electrons. The Morgan fingerprint density at radius 1 is 1.10 bits per heavy atom. The highest BCUT2D eigenvalue weighted by Gasteiger charge is 2.20. The predicted molar refractivity (Wildman–Crippen MR) is 84.4 cm³/mol. The Morgan fingerprint density at radius 3 is 2.52 bits per heavy atom. The van der Waals surface area contributed by atoms with Gasteiger partial charge < -0.3 is 14.8 Å². The maximum Gasteiger partial charge on any atom is 0.169 e. The maximum atomic E-state index is 6.31. The largest absolute Gasteiger partial charge is 0.493 e. The number of hydrogen-bond acceptors (Lipinski definition) is 3. The van der Waals surface area contributed by atoms with E-state index < -0.39 is 0 Å². The van der Waals surface area contributed by atoms with Gasteiger partial charge in [0.2, 0.25) is 0 Å². The van der Waals surface area contributed by atoms with Crippen LogP contribution in [-0.2, 0) is 6.54 Å². The van der Waals surface area contributed by atoms with Crippen molar-refractivity contribution >= 4 is 11.6 Å². The molecule has 1 saturated carbocycles. The van der Waals surface area contributed by atoms with E-state index in [1.165, 1.54) is 18.4 Å². The summed E-state index contributed by atoms with van der Waals surface area (Å²) < 4.78 is 11.1. The first-order valence-electron chi connectivity index (χ1n) is 7.09. The van der Waals surface area contributed by atoms with Gasteiger partial charge in [-0.3, -0.25) is 0 Å². The van der Waals surface area contributed by atoms with Gasteiger partial charge in [0.15, 0.2) is 11.5 Å². The van der Waals surface area contributed by atoms with E-state index in [9.17, 15) is 0 Å². The highest BCUT2D eigenvalue weighted by molar-refractivity contribution is 6.32. The van der Waals surface area contributed by atoms with Crippen LogP contribution in [0.15, 0.2) is 42.5 Å². The molecule has 0 unspecified atom stereocenters. The summed E-state index contributed by atoms with van der Waals surface area (Å²) in [4.78, 5) is 0. The zero-order chi connectivity index (χ0) is 14.7. The van der Waals surface area contributed by atoms with Crippen molar-refractivity contribution in [1.82, 2.24) is 5.32 Å². The molecule has 0 saturated heterocycles. The molecule has 3 nitrogen and oxygen atoms in total. The van der Waals surface area contributed by atoms with E-state index in [4.69, 9.17) is 21.1 Å². The number of hydrogen-bond donors (Lipinski definition) is 1. The number of benzene rings is 2. The third-order valence-electron chi connectivity index (χ3n) is 3.46. The Hall–Kier alpha value is -1.71. The lowest BCUT2D eigenvalue weighted by Crippen LogP contribution is -2.15. The molecule has 3 rings (SSSR count). The van der Waals surface area contributed by atoms with Crippen LogP contribution in [0.25, 0.3) is 0 Å². The molecule has 1 N–H and O–H groups in total. The summed E-state index contributed by atoms with van der Waals surface area (Å²) in [6.45, 7) is 0.847. The molecule has 0 heterocycles. The van der Waals surface area contributed by atoms with Crippen LogP contribution in [0.3, 0.4) is 0 Å². The SMILES string of the molecule is COc1ccccc1Oc1ccc(CNC2CC2)cc1Cl. The van der Waals surface area contributed by atoms with Crippen molar-refractivity contribution in [3.05, 3.63) is 53.1 Å². The predicted octanol–water partition coefficient (Wildman–Crippen LogP) is 4.39. The summed E-state index contributed by atoms with van der Waals surface area (Å²) in [5.74, 6) is 1.98. The summed E-state index contributed by atoms with van der Waals surface area (Å²) in [5, 5.41) is 4.08. The second-order valence-corrected chi connectivity index (χ2v) is 5.58. The zero-order valence-corrected chi connectivity index (χ0v) is 12.7. The van der Waals surface area contributed by atoms with Gasteiger partial charge in [-0.2, -0.15) is 0 Å². The van der Waals surface area contributed by atoms with E-state index in [1.807, 2.05) is 42.5 Å². The van der Waals surface area contributed by atoms with Gasteiger partial charge in [-0.15, -0.1) is 0 Å². The molecule has 2 aromatic carbocycles. The first-order valence-corrected chi connectivity index (χ1v) is 7.47. The van der Waals surface area contributed by atoms with Crippen LogP contribution >= 0.6 is 11.6 Å². The molecular weight excluding hydrogens is 286 g/mol. The van der Waals surface area contributed by atoms with Crippen LogP contribution in [0.2, 0.25) is 5.02 Å². The molecule has 110 valence electrons. The van der Waals surface area contributed by atoms with Crippen molar-refractivity contribution in [2.24, 2.45) is 0 Å². The molecule has 4 heteroatoms. The van der Waals surface area contributed by atoms with E-state index >= 15 is 0 Å². The Balaban J connectivity index is 1.72. The highest BCUT2D eigenvalue weighted by atomic mass is 35.5. The number of para-hydroxylation sites is 2. The molecule has 1 aliphatic carbocycles. The number of ether oxygens (including phenoxy) is 2. The van der Waals surface area contributed by atoms with E-state index in [-0.39, 0.29) is 0 Å². The van der Waals surface area contributed by atoms with Gasteiger partial charge in [-0.25, -0.2) is 0 Å². The summed E-state index contributed by atoms with van der Waals surface area (Å²) in [6, 6.07) is 14.1.